The van der Waals surface area contributed by atoms with E-state index in [1.54, 1.807) is 0 Å². The van der Waals surface area contributed by atoms with Crippen LogP contribution in [0.3, 0.4) is 0 Å². The molecule has 0 aliphatic heterocycles. The molecule has 2 aromatic rings. The van der Waals surface area contributed by atoms with E-state index in [4.69, 9.17) is 9.90 Å². The summed E-state index contributed by atoms with van der Waals surface area (Å²) in [6.45, 7) is 1.08. The van der Waals surface area contributed by atoms with Gasteiger partial charge in [0.1, 0.15) is 0 Å². The summed E-state index contributed by atoms with van der Waals surface area (Å²) in [7, 11) is 0. The van der Waals surface area contributed by atoms with Gasteiger partial charge in [0.25, 0.3) is 5.97 Å². The number of fused-ring (bicyclic) bond motifs is 1. The van der Waals surface area contributed by atoms with Crippen molar-refractivity contribution in [3.63, 3.8) is 0 Å². The molecular weight excluding hydrogens is 199 g/mol. The number of carbonyl (C=O) groups is 1. The molecule has 2 aromatic carbocycles. The fourth-order valence-electron chi connectivity index (χ4n) is 1.06. The average Bonchev–Trinajstić information content (AvgIpc) is 2.17. The van der Waals surface area contributed by atoms with Gasteiger partial charge in [-0.3, -0.25) is 4.79 Å². The van der Waals surface area contributed by atoms with Gasteiger partial charge >= 0.3 is 29.6 Å². The van der Waals surface area contributed by atoms with Crippen molar-refractivity contribution in [1.82, 2.24) is 0 Å². The molecule has 2 nitrogen and oxygen atoms in total. The summed E-state index contributed by atoms with van der Waals surface area (Å²) in [5.74, 6) is -0.833. The molecule has 0 bridgehead atoms. The quantitative estimate of drug-likeness (QED) is 0.480. The van der Waals surface area contributed by atoms with Gasteiger partial charge in [0.05, 0.1) is 0 Å². The van der Waals surface area contributed by atoms with Crippen molar-refractivity contribution in [2.24, 2.45) is 0 Å². The van der Waals surface area contributed by atoms with Crippen molar-refractivity contribution < 1.29 is 39.5 Å². The van der Waals surface area contributed by atoms with Crippen LogP contribution in [0.2, 0.25) is 0 Å². The zero-order valence-electron chi connectivity index (χ0n) is 8.90. The molecule has 0 heterocycles. The van der Waals surface area contributed by atoms with Crippen LogP contribution in [0.15, 0.2) is 42.5 Å². The molecule has 0 radical (unpaired) electrons. The summed E-state index contributed by atoms with van der Waals surface area (Å²) < 4.78 is 0. The maximum absolute atomic E-state index is 9.00. The molecule has 0 aliphatic carbocycles. The zero-order valence-corrected chi connectivity index (χ0v) is 10.9. The molecule has 0 spiro atoms. The molecule has 1 N–H and O–H groups in total. The Morgan fingerprint density at radius 2 is 1.73 bits per heavy atom. The van der Waals surface area contributed by atoms with Crippen LogP contribution in [0.25, 0.3) is 10.8 Å². The number of carboxylic acids is 1. The van der Waals surface area contributed by atoms with Gasteiger partial charge in [0.15, 0.2) is 0 Å². The maximum Gasteiger partial charge on any atom is 1.00 e. The van der Waals surface area contributed by atoms with Crippen molar-refractivity contribution >= 4 is 16.7 Å². The van der Waals surface area contributed by atoms with E-state index in [9.17, 15) is 0 Å². The molecule has 0 saturated carbocycles. The second-order valence-corrected chi connectivity index (χ2v) is 2.78. The van der Waals surface area contributed by atoms with E-state index in [1.165, 1.54) is 10.8 Å². The molecule has 0 aromatic heterocycles. The molecule has 2 rings (SSSR count). The molecule has 0 atom stereocenters. The van der Waals surface area contributed by atoms with Crippen molar-refractivity contribution in [2.75, 3.05) is 0 Å². The third kappa shape index (κ3) is 5.57. The van der Waals surface area contributed by atoms with Gasteiger partial charge in [-0.1, -0.05) is 12.1 Å². The second kappa shape index (κ2) is 7.46. The zero-order chi connectivity index (χ0) is 10.4. The smallest absolute Gasteiger partial charge is 0.481 e. The second-order valence-electron chi connectivity index (χ2n) is 2.78. The van der Waals surface area contributed by atoms with Crippen LogP contribution in [0, 0.1) is 6.07 Å². The predicted octanol–water partition coefficient (Wildman–Crippen LogP) is -0.265. The first-order valence-corrected chi connectivity index (χ1v) is 4.25. The molecule has 72 valence electrons. The van der Waals surface area contributed by atoms with Gasteiger partial charge < -0.3 is 5.11 Å². The van der Waals surface area contributed by atoms with Crippen LogP contribution < -0.4 is 29.6 Å². The standard InChI is InChI=1S/C10H7.C2H4O2.Na/c1-2-6-10-8-4-3-7-9(10)5-1;1-2(3)4;/h1-7H;1H3,(H,3,4);/q-1;;+1. The number of rotatable bonds is 0. The summed E-state index contributed by atoms with van der Waals surface area (Å²) in [5.41, 5.74) is 0. The Morgan fingerprint density at radius 1 is 1.20 bits per heavy atom. The van der Waals surface area contributed by atoms with Gasteiger partial charge in [-0.15, -0.1) is 47.2 Å². The third-order valence-corrected chi connectivity index (χ3v) is 1.57. The first kappa shape index (κ1) is 14.2. The molecule has 0 saturated heterocycles. The van der Waals surface area contributed by atoms with E-state index < -0.39 is 5.97 Å². The topological polar surface area (TPSA) is 37.3 Å². The van der Waals surface area contributed by atoms with Crippen molar-refractivity contribution in [2.45, 2.75) is 6.92 Å². The fraction of sp³-hybridized carbons (Fsp3) is 0.0833. The minimum absolute atomic E-state index is 0. The molecule has 0 aliphatic rings. The van der Waals surface area contributed by atoms with E-state index in [-0.39, 0.29) is 29.6 Å². The van der Waals surface area contributed by atoms with Gasteiger partial charge in [-0.2, -0.15) is 0 Å². The summed E-state index contributed by atoms with van der Waals surface area (Å²) in [6, 6.07) is 17.4. The third-order valence-electron chi connectivity index (χ3n) is 1.57. The minimum atomic E-state index is -0.833. The maximum atomic E-state index is 9.00. The van der Waals surface area contributed by atoms with Gasteiger partial charge in [0, 0.05) is 6.92 Å². The van der Waals surface area contributed by atoms with Crippen LogP contribution in [0.5, 0.6) is 0 Å². The van der Waals surface area contributed by atoms with E-state index >= 15 is 0 Å². The van der Waals surface area contributed by atoms with E-state index in [2.05, 4.69) is 24.3 Å². The number of hydrogen-bond donors (Lipinski definition) is 1. The number of hydrogen-bond acceptors (Lipinski definition) is 1. The summed E-state index contributed by atoms with van der Waals surface area (Å²) >= 11 is 0. The summed E-state index contributed by atoms with van der Waals surface area (Å²) in [6.07, 6.45) is 0. The van der Waals surface area contributed by atoms with Crippen LogP contribution in [-0.4, -0.2) is 11.1 Å². The van der Waals surface area contributed by atoms with E-state index in [0.717, 1.165) is 6.92 Å². The number of carboxylic acid groups (broad SMARTS) is 1. The van der Waals surface area contributed by atoms with Crippen LogP contribution in [-0.2, 0) is 4.79 Å². The molecule has 15 heavy (non-hydrogen) atoms. The molecule has 0 amide bonds. The molecular formula is C12H11NaO2. The summed E-state index contributed by atoms with van der Waals surface area (Å²) in [4.78, 5) is 9.00. The Morgan fingerprint density at radius 3 is 2.33 bits per heavy atom. The Balaban J connectivity index is 0.000000346. The normalized spacial score (nSPS) is 8.33. The van der Waals surface area contributed by atoms with Crippen molar-refractivity contribution in [3.8, 4) is 0 Å². The van der Waals surface area contributed by atoms with Gasteiger partial charge in [-0.25, -0.2) is 0 Å². The Labute approximate surface area is 111 Å². The number of aliphatic carboxylic acids is 1. The average molecular weight is 210 g/mol. The molecule has 0 fully saturated rings. The largest absolute Gasteiger partial charge is 1.00 e. The Hall–Kier alpha value is -0.830. The van der Waals surface area contributed by atoms with E-state index in [0.29, 0.717) is 0 Å². The molecule has 3 heteroatoms. The van der Waals surface area contributed by atoms with Crippen LogP contribution >= 0.6 is 0 Å². The summed E-state index contributed by atoms with van der Waals surface area (Å²) in [5, 5.41) is 9.86. The van der Waals surface area contributed by atoms with E-state index in [1.807, 2.05) is 24.3 Å². The monoisotopic (exact) mass is 210 g/mol. The first-order chi connectivity index (χ1) is 6.70. The Kier molecular flexibility index (Phi) is 7.05. The first-order valence-electron chi connectivity index (χ1n) is 4.25. The van der Waals surface area contributed by atoms with Gasteiger partial charge in [0.2, 0.25) is 0 Å². The SMILES string of the molecule is CC(=O)O.[Na+].[c-]1cccc2ccccc12. The van der Waals surface area contributed by atoms with Crippen molar-refractivity contribution in [3.05, 3.63) is 48.5 Å². The minimum Gasteiger partial charge on any atom is -0.481 e. The van der Waals surface area contributed by atoms with Crippen molar-refractivity contribution in [1.29, 1.82) is 0 Å². The van der Waals surface area contributed by atoms with Crippen LogP contribution in [0.4, 0.5) is 0 Å². The number of benzene rings is 2. The molecule has 0 unspecified atom stereocenters. The van der Waals surface area contributed by atoms with Gasteiger partial charge in [-0.05, 0) is 0 Å². The predicted molar refractivity (Wildman–Crippen MR) is 56.1 cm³/mol. The fourth-order valence-corrected chi connectivity index (χ4v) is 1.06. The van der Waals surface area contributed by atoms with Crippen LogP contribution in [0.1, 0.15) is 6.92 Å². The Bertz CT molecular complexity index is 357.